The molecule has 0 unspecified atom stereocenters. The molecule has 5 heteroatoms. The Kier molecular flexibility index (Phi) is 5.46. The van der Waals surface area contributed by atoms with Gasteiger partial charge in [0.05, 0.1) is 4.47 Å². The molecule has 0 amide bonds. The van der Waals surface area contributed by atoms with Crippen molar-refractivity contribution in [3.05, 3.63) is 16.0 Å². The Morgan fingerprint density at radius 1 is 1.42 bits per heavy atom. The molecular formula is C14H21BrClN3. The summed E-state index contributed by atoms with van der Waals surface area (Å²) in [5.41, 5.74) is 0. The molecule has 19 heavy (non-hydrogen) atoms. The molecule has 0 aromatic carbocycles. The van der Waals surface area contributed by atoms with Crippen molar-refractivity contribution in [1.82, 2.24) is 9.97 Å². The van der Waals surface area contributed by atoms with E-state index in [9.17, 15) is 0 Å². The molecule has 1 aliphatic rings. The maximum absolute atomic E-state index is 5.96. The van der Waals surface area contributed by atoms with E-state index in [2.05, 4.69) is 44.6 Å². The topological polar surface area (TPSA) is 29.0 Å². The van der Waals surface area contributed by atoms with Crippen molar-refractivity contribution >= 4 is 33.3 Å². The van der Waals surface area contributed by atoms with Crippen LogP contribution in [-0.2, 0) is 0 Å². The number of anilines is 1. The molecule has 2 rings (SSSR count). The van der Waals surface area contributed by atoms with Gasteiger partial charge in [0, 0.05) is 18.8 Å². The average Bonchev–Trinajstić information content (AvgIpc) is 2.87. The SMILES string of the molecule is CC(C)CCN(c1nc(Cl)ncc1Br)C1CCCC1. The van der Waals surface area contributed by atoms with Gasteiger partial charge in [0.15, 0.2) is 0 Å². The minimum absolute atomic E-state index is 0.325. The van der Waals surface area contributed by atoms with Crippen molar-refractivity contribution < 1.29 is 0 Å². The number of nitrogens with zero attached hydrogens (tertiary/aromatic N) is 3. The first-order valence-electron chi connectivity index (χ1n) is 7.02. The summed E-state index contributed by atoms with van der Waals surface area (Å²) in [5.74, 6) is 1.65. The molecule has 0 spiro atoms. The summed E-state index contributed by atoms with van der Waals surface area (Å²) in [4.78, 5) is 10.9. The molecule has 1 aromatic heterocycles. The molecule has 0 bridgehead atoms. The van der Waals surface area contributed by atoms with Crippen molar-refractivity contribution in [3.63, 3.8) is 0 Å². The lowest BCUT2D eigenvalue weighted by Gasteiger charge is -2.31. The van der Waals surface area contributed by atoms with Crippen LogP contribution in [0, 0.1) is 5.92 Å². The second-order valence-corrected chi connectivity index (χ2v) is 6.82. The van der Waals surface area contributed by atoms with E-state index in [1.807, 2.05) is 0 Å². The minimum Gasteiger partial charge on any atom is -0.353 e. The van der Waals surface area contributed by atoms with E-state index < -0.39 is 0 Å². The fraction of sp³-hybridized carbons (Fsp3) is 0.714. The van der Waals surface area contributed by atoms with Gasteiger partial charge >= 0.3 is 0 Å². The van der Waals surface area contributed by atoms with E-state index in [0.29, 0.717) is 17.2 Å². The van der Waals surface area contributed by atoms with E-state index >= 15 is 0 Å². The fourth-order valence-corrected chi connectivity index (χ4v) is 3.16. The van der Waals surface area contributed by atoms with Gasteiger partial charge in [0.2, 0.25) is 5.28 Å². The highest BCUT2D eigenvalue weighted by molar-refractivity contribution is 9.10. The lowest BCUT2D eigenvalue weighted by Crippen LogP contribution is -2.35. The molecule has 0 radical (unpaired) electrons. The van der Waals surface area contributed by atoms with Crippen molar-refractivity contribution in [1.29, 1.82) is 0 Å². The third-order valence-corrected chi connectivity index (χ3v) is 4.42. The summed E-state index contributed by atoms with van der Waals surface area (Å²) < 4.78 is 0.938. The van der Waals surface area contributed by atoms with Crippen LogP contribution < -0.4 is 4.90 Å². The van der Waals surface area contributed by atoms with Crippen LogP contribution >= 0.6 is 27.5 Å². The zero-order valence-corrected chi connectivity index (χ0v) is 13.9. The van der Waals surface area contributed by atoms with Gasteiger partial charge in [0.25, 0.3) is 0 Å². The van der Waals surface area contributed by atoms with Gasteiger partial charge in [-0.3, -0.25) is 0 Å². The first-order valence-corrected chi connectivity index (χ1v) is 8.19. The Morgan fingerprint density at radius 3 is 2.74 bits per heavy atom. The average molecular weight is 347 g/mol. The first kappa shape index (κ1) is 15.0. The van der Waals surface area contributed by atoms with Gasteiger partial charge in [-0.2, -0.15) is 4.98 Å². The third kappa shape index (κ3) is 4.06. The van der Waals surface area contributed by atoms with Crippen LogP contribution in [0.5, 0.6) is 0 Å². The van der Waals surface area contributed by atoms with Gasteiger partial charge in [-0.05, 0) is 52.7 Å². The fourth-order valence-electron chi connectivity index (χ4n) is 2.61. The number of hydrogen-bond acceptors (Lipinski definition) is 3. The monoisotopic (exact) mass is 345 g/mol. The normalized spacial score (nSPS) is 16.3. The Balaban J connectivity index is 2.21. The van der Waals surface area contributed by atoms with Gasteiger partial charge < -0.3 is 4.90 Å². The van der Waals surface area contributed by atoms with E-state index in [4.69, 9.17) is 11.6 Å². The molecule has 0 atom stereocenters. The van der Waals surface area contributed by atoms with Crippen LogP contribution in [0.25, 0.3) is 0 Å². The Labute approximate surface area is 128 Å². The van der Waals surface area contributed by atoms with Crippen LogP contribution in [0.2, 0.25) is 5.28 Å². The van der Waals surface area contributed by atoms with Crippen molar-refractivity contribution in [2.45, 2.75) is 52.0 Å². The zero-order valence-electron chi connectivity index (χ0n) is 11.6. The van der Waals surface area contributed by atoms with Gasteiger partial charge in [-0.1, -0.05) is 26.7 Å². The summed E-state index contributed by atoms with van der Waals surface area (Å²) >= 11 is 9.52. The number of halogens is 2. The minimum atomic E-state index is 0.325. The molecular weight excluding hydrogens is 326 g/mol. The number of hydrogen-bond donors (Lipinski definition) is 0. The quantitative estimate of drug-likeness (QED) is 0.724. The Hall–Kier alpha value is -0.350. The molecule has 1 fully saturated rings. The summed E-state index contributed by atoms with van der Waals surface area (Å²) in [5, 5.41) is 0.325. The molecule has 1 aliphatic carbocycles. The van der Waals surface area contributed by atoms with E-state index in [1.54, 1.807) is 6.20 Å². The molecule has 3 nitrogen and oxygen atoms in total. The molecule has 0 saturated heterocycles. The summed E-state index contributed by atoms with van der Waals surface area (Å²) in [6, 6.07) is 0.598. The molecule has 0 aliphatic heterocycles. The van der Waals surface area contributed by atoms with Crippen LogP contribution in [0.15, 0.2) is 10.7 Å². The van der Waals surface area contributed by atoms with Crippen LogP contribution in [0.4, 0.5) is 5.82 Å². The number of rotatable bonds is 5. The second-order valence-electron chi connectivity index (χ2n) is 5.62. The molecule has 1 aromatic rings. The Morgan fingerprint density at radius 2 is 2.11 bits per heavy atom. The zero-order chi connectivity index (χ0) is 13.8. The standard InChI is InChI=1S/C14H21BrClN3/c1-10(2)7-8-19(11-5-3-4-6-11)13-12(15)9-17-14(16)18-13/h9-11H,3-8H2,1-2H3. The largest absolute Gasteiger partial charge is 0.353 e. The maximum atomic E-state index is 5.96. The number of aromatic nitrogens is 2. The van der Waals surface area contributed by atoms with Crippen molar-refractivity contribution in [2.75, 3.05) is 11.4 Å². The first-order chi connectivity index (χ1) is 9.08. The third-order valence-electron chi connectivity index (χ3n) is 3.68. The summed E-state index contributed by atoms with van der Waals surface area (Å²) in [7, 11) is 0. The lowest BCUT2D eigenvalue weighted by molar-refractivity contribution is 0.524. The molecule has 1 saturated carbocycles. The highest BCUT2D eigenvalue weighted by Crippen LogP contribution is 2.32. The van der Waals surface area contributed by atoms with Crippen molar-refractivity contribution in [2.24, 2.45) is 5.92 Å². The molecule has 106 valence electrons. The van der Waals surface area contributed by atoms with E-state index in [-0.39, 0.29) is 0 Å². The second kappa shape index (κ2) is 6.89. The van der Waals surface area contributed by atoms with Gasteiger partial charge in [-0.25, -0.2) is 4.98 Å². The highest BCUT2D eigenvalue weighted by Gasteiger charge is 2.25. The predicted octanol–water partition coefficient (Wildman–Crippen LogP) is 4.69. The highest BCUT2D eigenvalue weighted by atomic mass is 79.9. The summed E-state index contributed by atoms with van der Waals surface area (Å²) in [6.45, 7) is 5.55. The Bertz CT molecular complexity index is 419. The van der Waals surface area contributed by atoms with E-state index in [0.717, 1.165) is 16.8 Å². The lowest BCUT2D eigenvalue weighted by atomic mass is 10.1. The molecule has 1 heterocycles. The van der Waals surface area contributed by atoms with Gasteiger partial charge in [0.1, 0.15) is 5.82 Å². The van der Waals surface area contributed by atoms with Crippen LogP contribution in [-0.4, -0.2) is 22.6 Å². The van der Waals surface area contributed by atoms with Gasteiger partial charge in [-0.15, -0.1) is 0 Å². The maximum Gasteiger partial charge on any atom is 0.224 e. The predicted molar refractivity (Wildman–Crippen MR) is 83.8 cm³/mol. The van der Waals surface area contributed by atoms with Crippen LogP contribution in [0.3, 0.4) is 0 Å². The molecule has 0 N–H and O–H groups in total. The van der Waals surface area contributed by atoms with E-state index in [1.165, 1.54) is 32.1 Å². The van der Waals surface area contributed by atoms with Crippen molar-refractivity contribution in [3.8, 4) is 0 Å². The van der Waals surface area contributed by atoms with Crippen LogP contribution in [0.1, 0.15) is 46.0 Å². The summed E-state index contributed by atoms with van der Waals surface area (Å²) in [6.07, 6.45) is 8.07. The smallest absolute Gasteiger partial charge is 0.224 e.